The lowest BCUT2D eigenvalue weighted by atomic mass is 10.0. The number of nitrogens with zero attached hydrogens (tertiary/aromatic N) is 3. The minimum Gasteiger partial charge on any atom is -0.323 e. The molecule has 0 radical (unpaired) electrons. The first-order valence-electron chi connectivity index (χ1n) is 10.1. The van der Waals surface area contributed by atoms with Crippen LogP contribution >= 0.6 is 0 Å². The number of carbonyl (C=O) groups excluding carboxylic acids is 3. The van der Waals surface area contributed by atoms with Crippen molar-refractivity contribution in [2.75, 3.05) is 16.8 Å². The standard InChI is InChI=1S/C23H21N5O3/c1-13-20(14(2)26-25-13)24-19(29)11-12-27-21-15-7-3-4-8-16(15)23(31)28(21)18-10-6-5-9-17(18)22(27)30/h3-10,21H,11-12H2,1-2H3,(H,24,29)(H,25,26)/t21-/m1/s1. The molecule has 8 heteroatoms. The highest BCUT2D eigenvalue weighted by Gasteiger charge is 2.47. The molecule has 0 fully saturated rings. The van der Waals surface area contributed by atoms with E-state index in [0.29, 0.717) is 28.2 Å². The van der Waals surface area contributed by atoms with Crippen LogP contribution in [0, 0.1) is 13.8 Å². The van der Waals surface area contributed by atoms with E-state index >= 15 is 0 Å². The Bertz CT molecular complexity index is 1210. The number of amides is 3. The lowest BCUT2D eigenvalue weighted by molar-refractivity contribution is -0.116. The predicted octanol–water partition coefficient (Wildman–Crippen LogP) is 3.17. The van der Waals surface area contributed by atoms with Crippen molar-refractivity contribution in [2.24, 2.45) is 0 Å². The number of aromatic nitrogens is 2. The Morgan fingerprint density at radius 3 is 2.48 bits per heavy atom. The topological polar surface area (TPSA) is 98.4 Å². The Morgan fingerprint density at radius 2 is 1.74 bits per heavy atom. The zero-order chi connectivity index (χ0) is 21.7. The minimum absolute atomic E-state index is 0.0959. The second-order valence-electron chi connectivity index (χ2n) is 7.76. The number of para-hydroxylation sites is 1. The molecular weight excluding hydrogens is 394 g/mol. The molecule has 1 atom stereocenters. The first-order valence-corrected chi connectivity index (χ1v) is 10.1. The first-order chi connectivity index (χ1) is 15.0. The van der Waals surface area contributed by atoms with Crippen LogP contribution in [-0.4, -0.2) is 39.4 Å². The highest BCUT2D eigenvalue weighted by Crippen LogP contribution is 2.45. The number of hydrogen-bond donors (Lipinski definition) is 2. The lowest BCUT2D eigenvalue weighted by Gasteiger charge is -2.40. The minimum atomic E-state index is -0.559. The molecule has 0 aliphatic carbocycles. The van der Waals surface area contributed by atoms with Gasteiger partial charge in [0.25, 0.3) is 11.8 Å². The Hall–Kier alpha value is -3.94. The summed E-state index contributed by atoms with van der Waals surface area (Å²) in [5, 5.41) is 9.79. The van der Waals surface area contributed by atoms with Gasteiger partial charge in [-0.1, -0.05) is 30.3 Å². The molecule has 2 aliphatic rings. The number of benzene rings is 2. The molecule has 3 heterocycles. The van der Waals surface area contributed by atoms with Gasteiger partial charge in [0.1, 0.15) is 6.17 Å². The molecule has 2 aliphatic heterocycles. The molecule has 2 N–H and O–H groups in total. The van der Waals surface area contributed by atoms with E-state index in [0.717, 1.165) is 11.3 Å². The fourth-order valence-electron chi connectivity index (χ4n) is 4.36. The van der Waals surface area contributed by atoms with Gasteiger partial charge in [0.05, 0.1) is 28.3 Å². The molecule has 8 nitrogen and oxygen atoms in total. The van der Waals surface area contributed by atoms with Crippen LogP contribution in [0.25, 0.3) is 0 Å². The van der Waals surface area contributed by atoms with Gasteiger partial charge >= 0.3 is 0 Å². The SMILES string of the molecule is Cc1n[nH]c(C)c1NC(=O)CCN1C(=O)c2ccccc2N2C(=O)c3ccccc3[C@H]12. The van der Waals surface area contributed by atoms with Crippen LogP contribution in [0.1, 0.15) is 50.3 Å². The molecule has 3 aromatic rings. The predicted molar refractivity (Wildman–Crippen MR) is 115 cm³/mol. The third-order valence-electron chi connectivity index (χ3n) is 5.86. The molecule has 1 aromatic heterocycles. The van der Waals surface area contributed by atoms with Crippen LogP contribution in [-0.2, 0) is 4.79 Å². The van der Waals surface area contributed by atoms with Gasteiger partial charge < -0.3 is 10.2 Å². The summed E-state index contributed by atoms with van der Waals surface area (Å²) in [4.78, 5) is 42.4. The molecule has 2 aromatic carbocycles. The third kappa shape index (κ3) is 2.91. The number of carbonyl (C=O) groups is 3. The summed E-state index contributed by atoms with van der Waals surface area (Å²) in [6, 6.07) is 14.4. The number of fused-ring (bicyclic) bond motifs is 5. The van der Waals surface area contributed by atoms with Crippen molar-refractivity contribution in [2.45, 2.75) is 26.4 Å². The van der Waals surface area contributed by atoms with Crippen molar-refractivity contribution < 1.29 is 14.4 Å². The van der Waals surface area contributed by atoms with E-state index < -0.39 is 6.17 Å². The van der Waals surface area contributed by atoms with Crippen LogP contribution in [0.3, 0.4) is 0 Å². The average Bonchev–Trinajstić information content (AvgIpc) is 3.25. The zero-order valence-electron chi connectivity index (χ0n) is 17.2. The fraction of sp³-hybridized carbons (Fsp3) is 0.217. The van der Waals surface area contributed by atoms with E-state index in [9.17, 15) is 14.4 Å². The zero-order valence-corrected chi connectivity index (χ0v) is 17.2. The molecule has 0 saturated carbocycles. The molecule has 0 unspecified atom stereocenters. The molecule has 3 amide bonds. The van der Waals surface area contributed by atoms with Crippen LogP contribution in [0.5, 0.6) is 0 Å². The summed E-state index contributed by atoms with van der Waals surface area (Å²) in [6.45, 7) is 3.82. The van der Waals surface area contributed by atoms with Crippen molar-refractivity contribution in [3.05, 3.63) is 76.6 Å². The molecule has 31 heavy (non-hydrogen) atoms. The van der Waals surface area contributed by atoms with Gasteiger partial charge in [0, 0.05) is 24.1 Å². The van der Waals surface area contributed by atoms with E-state index in [1.54, 1.807) is 34.1 Å². The third-order valence-corrected chi connectivity index (χ3v) is 5.86. The van der Waals surface area contributed by atoms with Crippen molar-refractivity contribution in [1.29, 1.82) is 0 Å². The molecular formula is C23H21N5O3. The summed E-state index contributed by atoms with van der Waals surface area (Å²) in [6.07, 6.45) is -0.463. The van der Waals surface area contributed by atoms with Crippen LogP contribution in [0.15, 0.2) is 48.5 Å². The molecule has 5 rings (SSSR count). The molecule has 156 valence electrons. The van der Waals surface area contributed by atoms with Gasteiger partial charge in [-0.05, 0) is 32.0 Å². The van der Waals surface area contributed by atoms with Crippen LogP contribution < -0.4 is 10.2 Å². The van der Waals surface area contributed by atoms with Crippen molar-refractivity contribution in [1.82, 2.24) is 15.1 Å². The average molecular weight is 415 g/mol. The Balaban J connectivity index is 1.46. The molecule has 0 saturated heterocycles. The van der Waals surface area contributed by atoms with E-state index in [4.69, 9.17) is 0 Å². The highest BCUT2D eigenvalue weighted by atomic mass is 16.2. The van der Waals surface area contributed by atoms with E-state index in [2.05, 4.69) is 15.5 Å². The maximum absolute atomic E-state index is 13.4. The van der Waals surface area contributed by atoms with E-state index in [1.165, 1.54) is 0 Å². The van der Waals surface area contributed by atoms with Gasteiger partial charge in [0.2, 0.25) is 5.91 Å². The normalized spacial score (nSPS) is 16.8. The summed E-state index contributed by atoms with van der Waals surface area (Å²) in [5.41, 5.74) is 4.55. The van der Waals surface area contributed by atoms with Crippen molar-refractivity contribution in [3.63, 3.8) is 0 Å². The van der Waals surface area contributed by atoms with Gasteiger partial charge in [-0.25, -0.2) is 0 Å². The monoisotopic (exact) mass is 415 g/mol. The summed E-state index contributed by atoms with van der Waals surface area (Å²) in [7, 11) is 0. The van der Waals surface area contributed by atoms with Crippen LogP contribution in [0.2, 0.25) is 0 Å². The second kappa shape index (κ2) is 7.09. The summed E-state index contributed by atoms with van der Waals surface area (Å²) in [5.74, 6) is -0.548. The van der Waals surface area contributed by atoms with Crippen LogP contribution in [0.4, 0.5) is 11.4 Å². The number of aryl methyl sites for hydroxylation is 2. The number of hydrogen-bond acceptors (Lipinski definition) is 4. The Morgan fingerprint density at radius 1 is 1.03 bits per heavy atom. The van der Waals surface area contributed by atoms with E-state index in [-0.39, 0.29) is 30.7 Å². The van der Waals surface area contributed by atoms with Crippen molar-refractivity contribution in [3.8, 4) is 0 Å². The van der Waals surface area contributed by atoms with Gasteiger partial charge in [-0.15, -0.1) is 0 Å². The Kier molecular flexibility index (Phi) is 4.35. The maximum Gasteiger partial charge on any atom is 0.260 e. The fourth-order valence-corrected chi connectivity index (χ4v) is 4.36. The van der Waals surface area contributed by atoms with Crippen molar-refractivity contribution >= 4 is 29.1 Å². The number of nitrogens with one attached hydrogen (secondary N) is 2. The number of anilines is 2. The molecule has 0 bridgehead atoms. The highest BCUT2D eigenvalue weighted by molar-refractivity contribution is 6.16. The quantitative estimate of drug-likeness (QED) is 0.684. The van der Waals surface area contributed by atoms with Gasteiger partial charge in [-0.3, -0.25) is 24.4 Å². The smallest absolute Gasteiger partial charge is 0.260 e. The number of H-pyrrole nitrogens is 1. The summed E-state index contributed by atoms with van der Waals surface area (Å²) >= 11 is 0. The molecule has 0 spiro atoms. The second-order valence-corrected chi connectivity index (χ2v) is 7.76. The van der Waals surface area contributed by atoms with Gasteiger partial charge in [-0.2, -0.15) is 5.10 Å². The first kappa shape index (κ1) is 19.0. The Labute approximate surface area is 178 Å². The van der Waals surface area contributed by atoms with E-state index in [1.807, 2.05) is 38.1 Å². The number of aromatic amines is 1. The lowest BCUT2D eigenvalue weighted by Crippen LogP contribution is -2.49. The van der Waals surface area contributed by atoms with Gasteiger partial charge in [0.15, 0.2) is 0 Å². The maximum atomic E-state index is 13.4. The summed E-state index contributed by atoms with van der Waals surface area (Å²) < 4.78 is 0. The number of rotatable bonds is 4. The largest absolute Gasteiger partial charge is 0.323 e.